The predicted octanol–water partition coefficient (Wildman–Crippen LogP) is 2.04. The van der Waals surface area contributed by atoms with Crippen molar-refractivity contribution in [3.05, 3.63) is 38.9 Å². The fourth-order valence-electron chi connectivity index (χ4n) is 2.19. The number of rotatable bonds is 4. The van der Waals surface area contributed by atoms with E-state index in [1.165, 1.54) is 12.1 Å². The Morgan fingerprint density at radius 3 is 2.94 bits per heavy atom. The number of nitrogens with zero attached hydrogens (tertiary/aromatic N) is 2. The lowest BCUT2D eigenvalue weighted by Crippen LogP contribution is -2.32. The molecule has 5 nitrogen and oxygen atoms in total. The van der Waals surface area contributed by atoms with E-state index in [2.05, 4.69) is 17.3 Å². The Morgan fingerprint density at radius 2 is 2.39 bits per heavy atom. The van der Waals surface area contributed by atoms with Crippen LogP contribution in [0.5, 0.6) is 0 Å². The Bertz CT molecular complexity index is 447. The highest BCUT2D eigenvalue weighted by atomic mass is 35.5. The normalized spacial score (nSPS) is 19.4. The first-order valence-corrected chi connectivity index (χ1v) is 6.29. The number of hydrogen-bond acceptors (Lipinski definition) is 4. The SMILES string of the molecule is CN(Cc1ccc([N+](=O)[O-])cc1Cl)C1CCNC1. The minimum atomic E-state index is -0.430. The van der Waals surface area contributed by atoms with Gasteiger partial charge in [-0.25, -0.2) is 0 Å². The highest BCUT2D eigenvalue weighted by Crippen LogP contribution is 2.24. The van der Waals surface area contributed by atoms with E-state index in [4.69, 9.17) is 11.6 Å². The Morgan fingerprint density at radius 1 is 1.61 bits per heavy atom. The van der Waals surface area contributed by atoms with Gasteiger partial charge < -0.3 is 5.32 Å². The molecule has 1 fully saturated rings. The Hall–Kier alpha value is -1.17. The van der Waals surface area contributed by atoms with Crippen molar-refractivity contribution >= 4 is 17.3 Å². The fraction of sp³-hybridized carbons (Fsp3) is 0.500. The molecular weight excluding hydrogens is 254 g/mol. The van der Waals surface area contributed by atoms with Crippen LogP contribution in [0.4, 0.5) is 5.69 Å². The van der Waals surface area contributed by atoms with Crippen molar-refractivity contribution < 1.29 is 4.92 Å². The molecule has 2 rings (SSSR count). The van der Waals surface area contributed by atoms with Crippen LogP contribution in [0.2, 0.25) is 5.02 Å². The molecule has 1 atom stereocenters. The van der Waals surface area contributed by atoms with Gasteiger partial charge in [0.25, 0.3) is 5.69 Å². The third kappa shape index (κ3) is 2.98. The summed E-state index contributed by atoms with van der Waals surface area (Å²) in [6.07, 6.45) is 1.13. The summed E-state index contributed by atoms with van der Waals surface area (Å²) < 4.78 is 0. The molecule has 0 aliphatic carbocycles. The monoisotopic (exact) mass is 269 g/mol. The van der Waals surface area contributed by atoms with E-state index in [1.807, 2.05) is 0 Å². The van der Waals surface area contributed by atoms with Crippen LogP contribution in [0.25, 0.3) is 0 Å². The van der Waals surface area contributed by atoms with Crippen LogP contribution in [0, 0.1) is 10.1 Å². The predicted molar refractivity (Wildman–Crippen MR) is 70.8 cm³/mol. The van der Waals surface area contributed by atoms with Crippen LogP contribution in [-0.4, -0.2) is 36.0 Å². The molecule has 1 unspecified atom stereocenters. The Balaban J connectivity index is 2.06. The third-order valence-corrected chi connectivity index (χ3v) is 3.68. The van der Waals surface area contributed by atoms with Gasteiger partial charge in [0.05, 0.1) is 9.95 Å². The van der Waals surface area contributed by atoms with Crippen molar-refractivity contribution in [2.24, 2.45) is 0 Å². The first-order chi connectivity index (χ1) is 8.58. The summed E-state index contributed by atoms with van der Waals surface area (Å²) in [5.74, 6) is 0. The van der Waals surface area contributed by atoms with Gasteiger partial charge in [-0.2, -0.15) is 0 Å². The number of likely N-dealkylation sites (N-methyl/N-ethyl adjacent to an activating group) is 1. The van der Waals surface area contributed by atoms with Crippen molar-refractivity contribution in [2.75, 3.05) is 20.1 Å². The smallest absolute Gasteiger partial charge is 0.270 e. The lowest BCUT2D eigenvalue weighted by atomic mass is 10.1. The zero-order chi connectivity index (χ0) is 13.1. The molecular formula is C12H16ClN3O2. The largest absolute Gasteiger partial charge is 0.315 e. The zero-order valence-electron chi connectivity index (χ0n) is 10.2. The van der Waals surface area contributed by atoms with Crippen LogP contribution in [0.1, 0.15) is 12.0 Å². The maximum absolute atomic E-state index is 10.6. The molecule has 0 bridgehead atoms. The van der Waals surface area contributed by atoms with Crippen molar-refractivity contribution in [3.63, 3.8) is 0 Å². The van der Waals surface area contributed by atoms with Crippen LogP contribution < -0.4 is 5.32 Å². The molecule has 1 aromatic rings. The molecule has 0 saturated carbocycles. The average molecular weight is 270 g/mol. The van der Waals surface area contributed by atoms with Gasteiger partial charge in [0.1, 0.15) is 0 Å². The lowest BCUT2D eigenvalue weighted by Gasteiger charge is -2.23. The first kappa shape index (κ1) is 13.3. The first-order valence-electron chi connectivity index (χ1n) is 5.91. The number of nitro benzene ring substituents is 1. The molecule has 1 aliphatic rings. The topological polar surface area (TPSA) is 58.4 Å². The van der Waals surface area contributed by atoms with E-state index >= 15 is 0 Å². The van der Waals surface area contributed by atoms with E-state index < -0.39 is 4.92 Å². The summed E-state index contributed by atoms with van der Waals surface area (Å²) in [5.41, 5.74) is 0.964. The van der Waals surface area contributed by atoms with Crippen molar-refractivity contribution in [1.29, 1.82) is 0 Å². The number of benzene rings is 1. The molecule has 0 radical (unpaired) electrons. The van der Waals surface area contributed by atoms with E-state index in [1.54, 1.807) is 6.07 Å². The van der Waals surface area contributed by atoms with Gasteiger partial charge in [-0.1, -0.05) is 11.6 Å². The van der Waals surface area contributed by atoms with Crippen LogP contribution in [0.15, 0.2) is 18.2 Å². The van der Waals surface area contributed by atoms with Crippen LogP contribution in [-0.2, 0) is 6.54 Å². The van der Waals surface area contributed by atoms with Gasteiger partial charge in [0, 0.05) is 31.3 Å². The highest BCUT2D eigenvalue weighted by Gasteiger charge is 2.20. The lowest BCUT2D eigenvalue weighted by molar-refractivity contribution is -0.384. The Labute approximate surface area is 111 Å². The standard InChI is InChI=1S/C12H16ClN3O2/c1-15(11-4-5-14-7-11)8-9-2-3-10(16(17)18)6-12(9)13/h2-3,6,11,14H,4-5,7-8H2,1H3. The second-order valence-corrected chi connectivity index (χ2v) is 5.00. The zero-order valence-corrected chi connectivity index (χ0v) is 11.0. The van der Waals surface area contributed by atoms with E-state index in [-0.39, 0.29) is 5.69 Å². The average Bonchev–Trinajstić information content (AvgIpc) is 2.85. The van der Waals surface area contributed by atoms with Crippen LogP contribution in [0.3, 0.4) is 0 Å². The van der Waals surface area contributed by atoms with Crippen molar-refractivity contribution in [3.8, 4) is 0 Å². The highest BCUT2D eigenvalue weighted by molar-refractivity contribution is 6.31. The minimum absolute atomic E-state index is 0.0361. The molecule has 1 N–H and O–H groups in total. The summed E-state index contributed by atoms with van der Waals surface area (Å²) >= 11 is 6.08. The van der Waals surface area contributed by atoms with Gasteiger partial charge in [-0.15, -0.1) is 0 Å². The summed E-state index contributed by atoms with van der Waals surface area (Å²) in [6, 6.07) is 5.16. The molecule has 6 heteroatoms. The molecule has 1 saturated heterocycles. The van der Waals surface area contributed by atoms with Crippen LogP contribution >= 0.6 is 11.6 Å². The molecule has 98 valence electrons. The molecule has 1 heterocycles. The molecule has 1 aliphatic heterocycles. The maximum Gasteiger partial charge on any atom is 0.270 e. The van der Waals surface area contributed by atoms with Crippen molar-refractivity contribution in [2.45, 2.75) is 19.0 Å². The van der Waals surface area contributed by atoms with Gasteiger partial charge in [0.2, 0.25) is 0 Å². The fourth-order valence-corrected chi connectivity index (χ4v) is 2.43. The minimum Gasteiger partial charge on any atom is -0.315 e. The second-order valence-electron chi connectivity index (χ2n) is 4.59. The third-order valence-electron chi connectivity index (χ3n) is 3.32. The van der Waals surface area contributed by atoms with E-state index in [9.17, 15) is 10.1 Å². The number of nitro groups is 1. The van der Waals surface area contributed by atoms with Crippen molar-refractivity contribution in [1.82, 2.24) is 10.2 Å². The van der Waals surface area contributed by atoms with Gasteiger partial charge in [0.15, 0.2) is 0 Å². The van der Waals surface area contributed by atoms with Gasteiger partial charge in [-0.05, 0) is 31.6 Å². The second kappa shape index (κ2) is 5.65. The summed E-state index contributed by atoms with van der Waals surface area (Å²) in [5, 5.41) is 14.4. The number of hydrogen-bond donors (Lipinski definition) is 1. The molecule has 0 amide bonds. The number of halogens is 1. The molecule has 0 spiro atoms. The maximum atomic E-state index is 10.6. The summed E-state index contributed by atoms with van der Waals surface area (Å²) in [7, 11) is 2.05. The van der Waals surface area contributed by atoms with E-state index in [0.29, 0.717) is 17.6 Å². The number of nitrogens with one attached hydrogen (secondary N) is 1. The Kier molecular flexibility index (Phi) is 4.16. The van der Waals surface area contributed by atoms with Gasteiger partial charge >= 0.3 is 0 Å². The summed E-state index contributed by atoms with van der Waals surface area (Å²) in [6.45, 7) is 2.74. The number of non-ortho nitro benzene ring substituents is 1. The molecule has 18 heavy (non-hydrogen) atoms. The van der Waals surface area contributed by atoms with Gasteiger partial charge in [-0.3, -0.25) is 15.0 Å². The summed E-state index contributed by atoms with van der Waals surface area (Å²) in [4.78, 5) is 12.4. The molecule has 0 aromatic heterocycles. The quantitative estimate of drug-likeness (QED) is 0.671. The van der Waals surface area contributed by atoms with E-state index in [0.717, 1.165) is 25.1 Å². The molecule has 1 aromatic carbocycles.